The van der Waals surface area contributed by atoms with Gasteiger partial charge in [0.2, 0.25) is 5.91 Å². The van der Waals surface area contributed by atoms with E-state index in [0.29, 0.717) is 12.1 Å². The molecule has 94 valence electrons. The Morgan fingerprint density at radius 1 is 1.50 bits per heavy atom. The molecule has 18 heavy (non-hydrogen) atoms. The fraction of sp³-hybridized carbons (Fsp3) is 0.333. The molecule has 0 aromatic heterocycles. The molecule has 1 aromatic carbocycles. The van der Waals surface area contributed by atoms with Gasteiger partial charge in [-0.15, -0.1) is 0 Å². The number of amides is 1. The maximum Gasteiger partial charge on any atom is 0.269 e. The van der Waals surface area contributed by atoms with Gasteiger partial charge in [-0.3, -0.25) is 14.9 Å². The van der Waals surface area contributed by atoms with Crippen LogP contribution in [0.2, 0.25) is 0 Å². The van der Waals surface area contributed by atoms with E-state index >= 15 is 0 Å². The summed E-state index contributed by atoms with van der Waals surface area (Å²) in [7, 11) is 0. The minimum Gasteiger partial charge on any atom is -0.325 e. The van der Waals surface area contributed by atoms with Crippen LogP contribution in [0.4, 0.5) is 11.4 Å². The van der Waals surface area contributed by atoms with E-state index < -0.39 is 16.2 Å². The van der Waals surface area contributed by atoms with Crippen molar-refractivity contribution in [3.05, 3.63) is 34.4 Å². The van der Waals surface area contributed by atoms with Crippen molar-refractivity contribution in [2.75, 3.05) is 5.32 Å². The Morgan fingerprint density at radius 2 is 2.06 bits per heavy atom. The second-order valence-electron chi connectivity index (χ2n) is 4.06. The van der Waals surface area contributed by atoms with Gasteiger partial charge in [-0.1, -0.05) is 6.92 Å². The third-order valence-corrected chi connectivity index (χ3v) is 2.79. The van der Waals surface area contributed by atoms with E-state index in [2.05, 4.69) is 5.32 Å². The minimum atomic E-state index is -1.10. The van der Waals surface area contributed by atoms with Gasteiger partial charge in [0.1, 0.15) is 5.41 Å². The molecule has 0 aliphatic carbocycles. The molecule has 1 amide bonds. The van der Waals surface area contributed by atoms with Crippen LogP contribution in [0, 0.1) is 26.9 Å². The molecular formula is C12H13N3O3. The molecule has 1 atom stereocenters. The average molecular weight is 247 g/mol. The predicted molar refractivity (Wildman–Crippen MR) is 65.7 cm³/mol. The van der Waals surface area contributed by atoms with Crippen LogP contribution in [0.25, 0.3) is 0 Å². The summed E-state index contributed by atoms with van der Waals surface area (Å²) in [6.07, 6.45) is 0.391. The van der Waals surface area contributed by atoms with E-state index in [4.69, 9.17) is 5.26 Å². The quantitative estimate of drug-likeness (QED) is 0.652. The molecule has 0 spiro atoms. The van der Waals surface area contributed by atoms with Crippen LogP contribution in [0.5, 0.6) is 0 Å². The van der Waals surface area contributed by atoms with Crippen LogP contribution in [0.3, 0.4) is 0 Å². The number of nitriles is 1. The zero-order chi connectivity index (χ0) is 13.8. The van der Waals surface area contributed by atoms with Gasteiger partial charge in [0.15, 0.2) is 0 Å². The lowest BCUT2D eigenvalue weighted by Gasteiger charge is -2.18. The summed E-state index contributed by atoms with van der Waals surface area (Å²) in [6.45, 7) is 3.30. The van der Waals surface area contributed by atoms with Gasteiger partial charge in [0.25, 0.3) is 5.69 Å². The van der Waals surface area contributed by atoms with Crippen molar-refractivity contribution in [1.82, 2.24) is 0 Å². The summed E-state index contributed by atoms with van der Waals surface area (Å²) >= 11 is 0. The van der Waals surface area contributed by atoms with E-state index in [9.17, 15) is 14.9 Å². The van der Waals surface area contributed by atoms with Gasteiger partial charge < -0.3 is 5.32 Å². The Balaban J connectivity index is 2.83. The maximum atomic E-state index is 11.8. The van der Waals surface area contributed by atoms with Crippen molar-refractivity contribution in [2.45, 2.75) is 20.3 Å². The van der Waals surface area contributed by atoms with Gasteiger partial charge in [-0.05, 0) is 25.5 Å². The highest BCUT2D eigenvalue weighted by Crippen LogP contribution is 2.23. The summed E-state index contributed by atoms with van der Waals surface area (Å²) < 4.78 is 0. The van der Waals surface area contributed by atoms with Crippen molar-refractivity contribution >= 4 is 17.3 Å². The first kappa shape index (κ1) is 13.6. The second-order valence-corrected chi connectivity index (χ2v) is 4.06. The summed E-state index contributed by atoms with van der Waals surface area (Å²) in [5.74, 6) is -0.415. The molecule has 0 heterocycles. The highest BCUT2D eigenvalue weighted by Gasteiger charge is 2.31. The predicted octanol–water partition coefficient (Wildman–Crippen LogP) is 2.47. The number of carbonyl (C=O) groups is 1. The summed E-state index contributed by atoms with van der Waals surface area (Å²) in [5.41, 5.74) is -0.714. The van der Waals surface area contributed by atoms with Crippen molar-refractivity contribution in [2.24, 2.45) is 5.41 Å². The van der Waals surface area contributed by atoms with Crippen LogP contribution in [0.1, 0.15) is 20.3 Å². The Labute approximate surface area is 104 Å². The van der Waals surface area contributed by atoms with Crippen LogP contribution in [-0.4, -0.2) is 10.8 Å². The number of nitro groups is 1. The molecule has 1 N–H and O–H groups in total. The first-order valence-electron chi connectivity index (χ1n) is 5.40. The zero-order valence-electron chi connectivity index (χ0n) is 10.1. The molecule has 0 fully saturated rings. The molecule has 1 unspecified atom stereocenters. The Morgan fingerprint density at radius 3 is 2.44 bits per heavy atom. The average Bonchev–Trinajstić information content (AvgIpc) is 2.38. The number of nitrogens with one attached hydrogen (secondary N) is 1. The van der Waals surface area contributed by atoms with Gasteiger partial charge >= 0.3 is 0 Å². The lowest BCUT2D eigenvalue weighted by atomic mass is 9.88. The third-order valence-electron chi connectivity index (χ3n) is 2.79. The highest BCUT2D eigenvalue weighted by atomic mass is 16.6. The van der Waals surface area contributed by atoms with Crippen LogP contribution < -0.4 is 5.32 Å². The van der Waals surface area contributed by atoms with Crippen molar-refractivity contribution in [3.8, 4) is 6.07 Å². The first-order valence-corrected chi connectivity index (χ1v) is 5.40. The lowest BCUT2D eigenvalue weighted by molar-refractivity contribution is -0.384. The fourth-order valence-electron chi connectivity index (χ4n) is 1.23. The van der Waals surface area contributed by atoms with Gasteiger partial charge in [-0.25, -0.2) is 0 Å². The standard InChI is InChI=1S/C12H13N3O3/c1-3-12(2,8-13)11(16)14-9-4-6-10(7-5-9)15(17)18/h4-7H,3H2,1-2H3,(H,14,16). The van der Waals surface area contributed by atoms with E-state index in [0.717, 1.165) is 0 Å². The number of anilines is 1. The molecule has 0 saturated heterocycles. The van der Waals surface area contributed by atoms with E-state index in [-0.39, 0.29) is 5.69 Å². The third kappa shape index (κ3) is 2.83. The van der Waals surface area contributed by atoms with Gasteiger partial charge in [-0.2, -0.15) is 5.26 Å². The molecule has 0 radical (unpaired) electrons. The van der Waals surface area contributed by atoms with Crippen LogP contribution in [-0.2, 0) is 4.79 Å². The molecule has 1 aromatic rings. The number of rotatable bonds is 4. The summed E-state index contributed by atoms with van der Waals surface area (Å²) in [5, 5.41) is 22.0. The van der Waals surface area contributed by atoms with Gasteiger partial charge in [0, 0.05) is 17.8 Å². The van der Waals surface area contributed by atoms with Crippen LogP contribution in [0.15, 0.2) is 24.3 Å². The van der Waals surface area contributed by atoms with Gasteiger partial charge in [0.05, 0.1) is 11.0 Å². The Kier molecular flexibility index (Phi) is 4.00. The first-order chi connectivity index (χ1) is 8.42. The van der Waals surface area contributed by atoms with E-state index in [1.807, 2.05) is 6.07 Å². The largest absolute Gasteiger partial charge is 0.325 e. The second kappa shape index (κ2) is 5.27. The van der Waals surface area contributed by atoms with Crippen molar-refractivity contribution in [3.63, 3.8) is 0 Å². The monoisotopic (exact) mass is 247 g/mol. The van der Waals surface area contributed by atoms with Crippen molar-refractivity contribution in [1.29, 1.82) is 5.26 Å². The summed E-state index contributed by atoms with van der Waals surface area (Å²) in [4.78, 5) is 21.8. The van der Waals surface area contributed by atoms with E-state index in [1.165, 1.54) is 24.3 Å². The molecule has 0 aliphatic heterocycles. The minimum absolute atomic E-state index is 0.0495. The number of hydrogen-bond acceptors (Lipinski definition) is 4. The number of carbonyl (C=O) groups excluding carboxylic acids is 1. The summed E-state index contributed by atoms with van der Waals surface area (Å²) in [6, 6.07) is 7.42. The van der Waals surface area contributed by atoms with Crippen LogP contribution >= 0.6 is 0 Å². The molecule has 1 rings (SSSR count). The Hall–Kier alpha value is -2.42. The SMILES string of the molecule is CCC(C)(C#N)C(=O)Nc1ccc([N+](=O)[O-])cc1. The number of hydrogen-bond donors (Lipinski definition) is 1. The fourth-order valence-corrected chi connectivity index (χ4v) is 1.23. The smallest absolute Gasteiger partial charge is 0.269 e. The van der Waals surface area contributed by atoms with Crippen molar-refractivity contribution < 1.29 is 9.72 Å². The topological polar surface area (TPSA) is 96.0 Å². The maximum absolute atomic E-state index is 11.8. The lowest BCUT2D eigenvalue weighted by Crippen LogP contribution is -2.31. The molecule has 6 nitrogen and oxygen atoms in total. The molecule has 0 bridgehead atoms. The molecule has 6 heteroatoms. The highest BCUT2D eigenvalue weighted by molar-refractivity contribution is 5.96. The molecular weight excluding hydrogens is 234 g/mol. The molecule has 0 aliphatic rings. The number of nitro benzene ring substituents is 1. The Bertz CT molecular complexity index is 504. The molecule has 0 saturated carbocycles. The number of non-ortho nitro benzene ring substituents is 1. The number of benzene rings is 1. The number of nitrogens with zero attached hydrogens (tertiary/aromatic N) is 2. The normalized spacial score (nSPS) is 13.2. The zero-order valence-corrected chi connectivity index (χ0v) is 10.1. The van der Waals surface area contributed by atoms with E-state index in [1.54, 1.807) is 13.8 Å².